The molecule has 80 valence electrons. The highest BCUT2D eigenvalue weighted by molar-refractivity contribution is 5.97. The number of nitrogens with one attached hydrogen (secondary N) is 1. The molecule has 1 heterocycles. The second-order valence-corrected chi connectivity index (χ2v) is 3.46. The Balaban J connectivity index is 2.34. The van der Waals surface area contributed by atoms with Crippen molar-refractivity contribution in [1.82, 2.24) is 4.98 Å². The van der Waals surface area contributed by atoms with Crippen LogP contribution in [-0.2, 0) is 0 Å². The van der Waals surface area contributed by atoms with Crippen LogP contribution in [0.5, 0.6) is 5.75 Å². The van der Waals surface area contributed by atoms with E-state index in [2.05, 4.69) is 10.3 Å². The van der Waals surface area contributed by atoms with Crippen molar-refractivity contribution in [2.45, 2.75) is 18.9 Å². The lowest BCUT2D eigenvalue weighted by Crippen LogP contribution is -2.16. The van der Waals surface area contributed by atoms with Crippen LogP contribution in [0, 0.1) is 0 Å². The zero-order chi connectivity index (χ0) is 10.8. The third kappa shape index (κ3) is 2.01. The summed E-state index contributed by atoms with van der Waals surface area (Å²) in [6.45, 7) is 0. The molecular formula is C10H13N3O2. The molecular weight excluding hydrogens is 194 g/mol. The van der Waals surface area contributed by atoms with Gasteiger partial charge in [0.15, 0.2) is 5.69 Å². The molecule has 1 aliphatic carbocycles. The SMILES string of the molecule is CNc1c(OC2CC2)ccnc1C(N)=O. The number of hydrogen-bond acceptors (Lipinski definition) is 4. The van der Waals surface area contributed by atoms with Crippen molar-refractivity contribution in [3.8, 4) is 5.75 Å². The highest BCUT2D eigenvalue weighted by Gasteiger charge is 2.25. The molecule has 5 nitrogen and oxygen atoms in total. The minimum Gasteiger partial charge on any atom is -0.488 e. The van der Waals surface area contributed by atoms with E-state index in [4.69, 9.17) is 10.5 Å². The van der Waals surface area contributed by atoms with Gasteiger partial charge in [0.1, 0.15) is 11.4 Å². The van der Waals surface area contributed by atoms with E-state index in [1.54, 1.807) is 13.1 Å². The van der Waals surface area contributed by atoms with Gasteiger partial charge in [0, 0.05) is 19.3 Å². The van der Waals surface area contributed by atoms with Gasteiger partial charge in [0.2, 0.25) is 0 Å². The molecule has 1 fully saturated rings. The number of rotatable bonds is 4. The quantitative estimate of drug-likeness (QED) is 0.764. The smallest absolute Gasteiger partial charge is 0.269 e. The summed E-state index contributed by atoms with van der Waals surface area (Å²) in [4.78, 5) is 15.0. The fourth-order valence-corrected chi connectivity index (χ4v) is 1.34. The van der Waals surface area contributed by atoms with Crippen molar-refractivity contribution in [3.63, 3.8) is 0 Å². The first kappa shape index (κ1) is 9.76. The molecule has 0 radical (unpaired) electrons. The first-order valence-corrected chi connectivity index (χ1v) is 4.85. The van der Waals surface area contributed by atoms with E-state index in [1.165, 1.54) is 6.20 Å². The molecule has 0 atom stereocenters. The van der Waals surface area contributed by atoms with Crippen molar-refractivity contribution in [3.05, 3.63) is 18.0 Å². The van der Waals surface area contributed by atoms with Gasteiger partial charge >= 0.3 is 0 Å². The van der Waals surface area contributed by atoms with E-state index < -0.39 is 5.91 Å². The Labute approximate surface area is 87.6 Å². The first-order valence-electron chi connectivity index (χ1n) is 4.85. The van der Waals surface area contributed by atoms with E-state index in [0.717, 1.165) is 12.8 Å². The van der Waals surface area contributed by atoms with Crippen LogP contribution in [0.25, 0.3) is 0 Å². The molecule has 5 heteroatoms. The fourth-order valence-electron chi connectivity index (χ4n) is 1.34. The standard InChI is InChI=1S/C10H13N3O2/c1-12-8-7(15-6-2-3-6)4-5-13-9(8)10(11)14/h4-6,12H,2-3H2,1H3,(H2,11,14). The third-order valence-electron chi connectivity index (χ3n) is 2.21. The van der Waals surface area contributed by atoms with Crippen LogP contribution in [0.1, 0.15) is 23.3 Å². The minimum atomic E-state index is -0.555. The Morgan fingerprint density at radius 1 is 1.67 bits per heavy atom. The van der Waals surface area contributed by atoms with Gasteiger partial charge in [-0.15, -0.1) is 0 Å². The number of pyridine rings is 1. The second-order valence-electron chi connectivity index (χ2n) is 3.46. The summed E-state index contributed by atoms with van der Waals surface area (Å²) in [6.07, 6.45) is 3.94. The van der Waals surface area contributed by atoms with Crippen LogP contribution in [0.15, 0.2) is 12.3 Å². The summed E-state index contributed by atoms with van der Waals surface area (Å²) in [5.41, 5.74) is 5.99. The molecule has 0 spiro atoms. The lowest BCUT2D eigenvalue weighted by Gasteiger charge is -2.12. The normalized spacial score (nSPS) is 14.7. The fraction of sp³-hybridized carbons (Fsp3) is 0.400. The lowest BCUT2D eigenvalue weighted by atomic mass is 10.2. The minimum absolute atomic E-state index is 0.218. The molecule has 2 rings (SSSR count). The average Bonchev–Trinajstić information content (AvgIpc) is 3.01. The Morgan fingerprint density at radius 2 is 2.40 bits per heavy atom. The number of amides is 1. The van der Waals surface area contributed by atoms with Gasteiger partial charge in [-0.25, -0.2) is 4.98 Å². The molecule has 3 N–H and O–H groups in total. The predicted octanol–water partition coefficient (Wildman–Crippen LogP) is 0.763. The van der Waals surface area contributed by atoms with E-state index >= 15 is 0 Å². The van der Waals surface area contributed by atoms with Gasteiger partial charge in [-0.3, -0.25) is 4.79 Å². The third-order valence-corrected chi connectivity index (χ3v) is 2.21. The maximum atomic E-state index is 11.1. The van der Waals surface area contributed by atoms with E-state index in [0.29, 0.717) is 11.4 Å². The van der Waals surface area contributed by atoms with Gasteiger partial charge in [0.25, 0.3) is 5.91 Å². The maximum absolute atomic E-state index is 11.1. The van der Waals surface area contributed by atoms with Crippen LogP contribution >= 0.6 is 0 Å². The highest BCUT2D eigenvalue weighted by atomic mass is 16.5. The van der Waals surface area contributed by atoms with E-state index in [1.807, 2.05) is 0 Å². The zero-order valence-corrected chi connectivity index (χ0v) is 8.49. The van der Waals surface area contributed by atoms with Crippen LogP contribution in [0.3, 0.4) is 0 Å². The monoisotopic (exact) mass is 207 g/mol. The summed E-state index contributed by atoms with van der Waals surface area (Å²) in [5, 5.41) is 2.89. The molecule has 1 amide bonds. The average molecular weight is 207 g/mol. The van der Waals surface area contributed by atoms with Crippen LogP contribution in [0.4, 0.5) is 5.69 Å². The summed E-state index contributed by atoms with van der Waals surface area (Å²) >= 11 is 0. The van der Waals surface area contributed by atoms with E-state index in [9.17, 15) is 4.79 Å². The molecule has 15 heavy (non-hydrogen) atoms. The van der Waals surface area contributed by atoms with Crippen molar-refractivity contribution < 1.29 is 9.53 Å². The van der Waals surface area contributed by atoms with Crippen LogP contribution < -0.4 is 15.8 Å². The number of primary amides is 1. The number of aromatic nitrogens is 1. The van der Waals surface area contributed by atoms with E-state index in [-0.39, 0.29) is 11.8 Å². The molecule has 0 bridgehead atoms. The number of ether oxygens (including phenoxy) is 1. The molecule has 1 aromatic heterocycles. The van der Waals surface area contributed by atoms with Gasteiger partial charge in [-0.05, 0) is 12.8 Å². The predicted molar refractivity (Wildman–Crippen MR) is 56.0 cm³/mol. The summed E-state index contributed by atoms with van der Waals surface area (Å²) in [5.74, 6) is 0.0874. The van der Waals surface area contributed by atoms with Gasteiger partial charge in [0.05, 0.1) is 6.10 Å². The number of nitrogens with zero attached hydrogens (tertiary/aromatic N) is 1. The number of nitrogens with two attached hydrogens (primary N) is 1. The number of carbonyl (C=O) groups excluding carboxylic acids is 1. The molecule has 0 saturated heterocycles. The van der Waals surface area contributed by atoms with Gasteiger partial charge < -0.3 is 15.8 Å². The Morgan fingerprint density at radius 3 is 2.93 bits per heavy atom. The Bertz CT molecular complexity index is 388. The second kappa shape index (κ2) is 3.76. The van der Waals surface area contributed by atoms with Crippen molar-refractivity contribution in [2.24, 2.45) is 5.73 Å². The Kier molecular flexibility index (Phi) is 2.45. The van der Waals surface area contributed by atoms with Crippen molar-refractivity contribution in [2.75, 3.05) is 12.4 Å². The largest absolute Gasteiger partial charge is 0.488 e. The number of carbonyl (C=O) groups is 1. The molecule has 1 aliphatic rings. The number of anilines is 1. The molecule has 0 unspecified atom stereocenters. The van der Waals surface area contributed by atoms with Gasteiger partial charge in [-0.1, -0.05) is 0 Å². The van der Waals surface area contributed by atoms with Crippen molar-refractivity contribution >= 4 is 11.6 Å². The zero-order valence-electron chi connectivity index (χ0n) is 8.49. The summed E-state index contributed by atoms with van der Waals surface area (Å²) in [6, 6.07) is 1.73. The lowest BCUT2D eigenvalue weighted by molar-refractivity contribution is 0.0996. The van der Waals surface area contributed by atoms with Crippen LogP contribution in [0.2, 0.25) is 0 Å². The molecule has 1 saturated carbocycles. The van der Waals surface area contributed by atoms with Gasteiger partial charge in [-0.2, -0.15) is 0 Å². The molecule has 1 aromatic rings. The highest BCUT2D eigenvalue weighted by Crippen LogP contribution is 2.32. The molecule has 0 aromatic carbocycles. The topological polar surface area (TPSA) is 77.2 Å². The number of hydrogen-bond donors (Lipinski definition) is 2. The Hall–Kier alpha value is -1.78. The van der Waals surface area contributed by atoms with Crippen LogP contribution in [-0.4, -0.2) is 24.0 Å². The maximum Gasteiger partial charge on any atom is 0.269 e. The molecule has 0 aliphatic heterocycles. The summed E-state index contributed by atoms with van der Waals surface area (Å²) < 4.78 is 5.63. The summed E-state index contributed by atoms with van der Waals surface area (Å²) in [7, 11) is 1.71. The first-order chi connectivity index (χ1) is 7.22. The van der Waals surface area contributed by atoms with Crippen molar-refractivity contribution in [1.29, 1.82) is 0 Å².